The van der Waals surface area contributed by atoms with Gasteiger partial charge in [-0.3, -0.25) is 4.79 Å². The molecular formula is C17H19FN2O2. The lowest BCUT2D eigenvalue weighted by Crippen LogP contribution is -2.44. The lowest BCUT2D eigenvalue weighted by Gasteiger charge is -2.35. The van der Waals surface area contributed by atoms with Gasteiger partial charge in [0.1, 0.15) is 5.82 Å². The van der Waals surface area contributed by atoms with Crippen LogP contribution >= 0.6 is 0 Å². The van der Waals surface area contributed by atoms with Gasteiger partial charge in [-0.1, -0.05) is 17.3 Å². The van der Waals surface area contributed by atoms with E-state index in [1.54, 1.807) is 25.1 Å². The molecule has 22 heavy (non-hydrogen) atoms. The van der Waals surface area contributed by atoms with Crippen molar-refractivity contribution in [1.29, 1.82) is 0 Å². The molecule has 1 unspecified atom stereocenters. The van der Waals surface area contributed by atoms with Gasteiger partial charge in [-0.2, -0.15) is 0 Å². The van der Waals surface area contributed by atoms with E-state index in [1.807, 2.05) is 4.90 Å². The number of halogens is 1. The highest BCUT2D eigenvalue weighted by Gasteiger charge is 2.29. The maximum absolute atomic E-state index is 13.0. The first kappa shape index (κ1) is 14.8. The topological polar surface area (TPSA) is 46.3 Å². The number of amides is 1. The molecule has 3 rings (SSSR count). The lowest BCUT2D eigenvalue weighted by molar-refractivity contribution is 0.0571. The van der Waals surface area contributed by atoms with E-state index in [-0.39, 0.29) is 17.8 Å². The van der Waals surface area contributed by atoms with E-state index in [0.29, 0.717) is 11.5 Å². The first-order valence-corrected chi connectivity index (χ1v) is 7.62. The third-order valence-electron chi connectivity index (χ3n) is 4.11. The van der Waals surface area contributed by atoms with Crippen LogP contribution in [-0.4, -0.2) is 28.6 Å². The predicted octanol–water partition coefficient (Wildman–Crippen LogP) is 3.36. The van der Waals surface area contributed by atoms with Crippen LogP contribution in [0.15, 0.2) is 34.9 Å². The van der Waals surface area contributed by atoms with Crippen LogP contribution in [0.5, 0.6) is 0 Å². The van der Waals surface area contributed by atoms with E-state index in [2.05, 4.69) is 5.16 Å². The molecule has 1 saturated heterocycles. The SMILES string of the molecule is Cc1cc(C(=O)N2CCCCC2Cc2ccc(F)cc2)on1. The summed E-state index contributed by atoms with van der Waals surface area (Å²) in [4.78, 5) is 14.5. The van der Waals surface area contributed by atoms with Crippen molar-refractivity contribution in [3.63, 3.8) is 0 Å². The normalized spacial score (nSPS) is 18.5. The van der Waals surface area contributed by atoms with Crippen LogP contribution in [-0.2, 0) is 6.42 Å². The molecule has 5 heteroatoms. The van der Waals surface area contributed by atoms with Gasteiger partial charge in [0.05, 0.1) is 5.69 Å². The molecule has 0 N–H and O–H groups in total. The molecule has 1 aliphatic heterocycles. The molecule has 1 atom stereocenters. The van der Waals surface area contributed by atoms with Crippen molar-refractivity contribution in [3.8, 4) is 0 Å². The van der Waals surface area contributed by atoms with E-state index in [9.17, 15) is 9.18 Å². The zero-order valence-electron chi connectivity index (χ0n) is 12.6. The number of hydrogen-bond acceptors (Lipinski definition) is 3. The number of likely N-dealkylation sites (tertiary alicyclic amines) is 1. The van der Waals surface area contributed by atoms with Gasteiger partial charge >= 0.3 is 0 Å². The van der Waals surface area contributed by atoms with Crippen LogP contribution < -0.4 is 0 Å². The van der Waals surface area contributed by atoms with E-state index >= 15 is 0 Å². The van der Waals surface area contributed by atoms with Gasteiger partial charge in [0.25, 0.3) is 5.91 Å². The highest BCUT2D eigenvalue weighted by atomic mass is 19.1. The minimum absolute atomic E-state index is 0.104. The van der Waals surface area contributed by atoms with Crippen LogP contribution in [0.2, 0.25) is 0 Å². The monoisotopic (exact) mass is 302 g/mol. The zero-order valence-corrected chi connectivity index (χ0v) is 12.6. The summed E-state index contributed by atoms with van der Waals surface area (Å²) < 4.78 is 18.1. The lowest BCUT2D eigenvalue weighted by atomic mass is 9.95. The molecule has 2 heterocycles. The number of piperidine rings is 1. The molecule has 0 spiro atoms. The molecule has 2 aromatic rings. The Hall–Kier alpha value is -2.17. The second-order valence-electron chi connectivity index (χ2n) is 5.81. The third-order valence-corrected chi connectivity index (χ3v) is 4.11. The quantitative estimate of drug-likeness (QED) is 0.873. The van der Waals surface area contributed by atoms with Crippen LogP contribution in [0.4, 0.5) is 4.39 Å². The fourth-order valence-electron chi connectivity index (χ4n) is 2.98. The van der Waals surface area contributed by atoms with Crippen molar-refractivity contribution in [2.45, 2.75) is 38.6 Å². The second-order valence-corrected chi connectivity index (χ2v) is 5.81. The number of benzene rings is 1. The minimum Gasteiger partial charge on any atom is -0.351 e. The highest BCUT2D eigenvalue weighted by molar-refractivity contribution is 5.91. The maximum Gasteiger partial charge on any atom is 0.292 e. The van der Waals surface area contributed by atoms with Gasteiger partial charge in [-0.25, -0.2) is 4.39 Å². The van der Waals surface area contributed by atoms with Crippen molar-refractivity contribution >= 4 is 5.91 Å². The molecule has 1 amide bonds. The molecule has 0 aliphatic carbocycles. The number of hydrogen-bond donors (Lipinski definition) is 0. The number of carbonyl (C=O) groups is 1. The Morgan fingerprint density at radius 3 is 2.82 bits per heavy atom. The van der Waals surface area contributed by atoms with E-state index in [4.69, 9.17) is 4.52 Å². The number of aromatic nitrogens is 1. The molecule has 1 aliphatic rings. The molecule has 0 saturated carbocycles. The van der Waals surface area contributed by atoms with Crippen molar-refractivity contribution in [3.05, 3.63) is 53.2 Å². The van der Waals surface area contributed by atoms with Crippen molar-refractivity contribution < 1.29 is 13.7 Å². The number of aryl methyl sites for hydroxylation is 1. The molecule has 4 nitrogen and oxygen atoms in total. The summed E-state index contributed by atoms with van der Waals surface area (Å²) in [6.07, 6.45) is 3.79. The van der Waals surface area contributed by atoms with Crippen molar-refractivity contribution in [2.75, 3.05) is 6.54 Å². The average Bonchev–Trinajstić information content (AvgIpc) is 2.96. The molecule has 0 bridgehead atoms. The Labute approximate surface area is 128 Å². The minimum atomic E-state index is -0.238. The van der Waals surface area contributed by atoms with Gasteiger partial charge in [0.2, 0.25) is 5.76 Å². The Bertz CT molecular complexity index is 651. The summed E-state index contributed by atoms with van der Waals surface area (Å²) in [6.45, 7) is 2.52. The first-order valence-electron chi connectivity index (χ1n) is 7.62. The Morgan fingerprint density at radius 2 is 2.14 bits per heavy atom. The third kappa shape index (κ3) is 3.18. The number of nitrogens with zero attached hydrogens (tertiary/aromatic N) is 2. The summed E-state index contributed by atoms with van der Waals surface area (Å²) in [6, 6.07) is 8.29. The molecule has 1 aromatic heterocycles. The van der Waals surface area contributed by atoms with Gasteiger partial charge in [-0.05, 0) is 50.3 Å². The molecule has 1 fully saturated rings. The van der Waals surface area contributed by atoms with Crippen LogP contribution in [0.3, 0.4) is 0 Å². The summed E-state index contributed by atoms with van der Waals surface area (Å²) >= 11 is 0. The Balaban J connectivity index is 1.76. The Morgan fingerprint density at radius 1 is 1.36 bits per heavy atom. The van der Waals surface area contributed by atoms with Crippen LogP contribution in [0, 0.1) is 12.7 Å². The van der Waals surface area contributed by atoms with E-state index < -0.39 is 0 Å². The fourth-order valence-corrected chi connectivity index (χ4v) is 2.98. The summed E-state index contributed by atoms with van der Waals surface area (Å²) in [5.41, 5.74) is 1.75. The van der Waals surface area contributed by atoms with E-state index in [0.717, 1.165) is 37.8 Å². The van der Waals surface area contributed by atoms with Crippen molar-refractivity contribution in [1.82, 2.24) is 10.1 Å². The van der Waals surface area contributed by atoms with E-state index in [1.165, 1.54) is 12.1 Å². The predicted molar refractivity (Wildman–Crippen MR) is 80.0 cm³/mol. The summed E-state index contributed by atoms with van der Waals surface area (Å²) in [5.74, 6) is -0.0478. The molecule has 116 valence electrons. The summed E-state index contributed by atoms with van der Waals surface area (Å²) in [7, 11) is 0. The smallest absolute Gasteiger partial charge is 0.292 e. The standard InChI is InChI=1S/C17H19FN2O2/c1-12-10-16(22-19-12)17(21)20-9-3-2-4-15(20)11-13-5-7-14(18)8-6-13/h5-8,10,15H,2-4,9,11H2,1H3. The fraction of sp³-hybridized carbons (Fsp3) is 0.412. The van der Waals surface area contributed by atoms with Crippen LogP contribution in [0.25, 0.3) is 0 Å². The largest absolute Gasteiger partial charge is 0.351 e. The highest BCUT2D eigenvalue weighted by Crippen LogP contribution is 2.23. The van der Waals surface area contributed by atoms with Gasteiger partial charge in [0.15, 0.2) is 0 Å². The Kier molecular flexibility index (Phi) is 4.22. The first-order chi connectivity index (χ1) is 10.6. The van der Waals surface area contributed by atoms with Crippen LogP contribution in [0.1, 0.15) is 41.1 Å². The zero-order chi connectivity index (χ0) is 15.5. The summed E-state index contributed by atoms with van der Waals surface area (Å²) in [5, 5.41) is 3.79. The number of carbonyl (C=O) groups excluding carboxylic acids is 1. The molecule has 1 aromatic carbocycles. The molecular weight excluding hydrogens is 283 g/mol. The van der Waals surface area contributed by atoms with Gasteiger partial charge < -0.3 is 9.42 Å². The second kappa shape index (κ2) is 6.30. The van der Waals surface area contributed by atoms with Crippen molar-refractivity contribution in [2.24, 2.45) is 0 Å². The van der Waals surface area contributed by atoms with Gasteiger partial charge in [0, 0.05) is 18.7 Å². The average molecular weight is 302 g/mol. The maximum atomic E-state index is 13.0. The molecule has 0 radical (unpaired) electrons. The van der Waals surface area contributed by atoms with Gasteiger partial charge in [-0.15, -0.1) is 0 Å². The number of rotatable bonds is 3.